The maximum atomic E-state index is 10.9. The summed E-state index contributed by atoms with van der Waals surface area (Å²) in [5, 5.41) is 8.63. The summed E-state index contributed by atoms with van der Waals surface area (Å²) >= 11 is 0. The third-order valence-corrected chi connectivity index (χ3v) is 1.80. The van der Waals surface area contributed by atoms with Crippen molar-refractivity contribution in [3.63, 3.8) is 0 Å². The molecule has 1 aliphatic rings. The highest BCUT2D eigenvalue weighted by Gasteiger charge is 2.06. The summed E-state index contributed by atoms with van der Waals surface area (Å²) in [7, 11) is 0. The molecule has 0 radical (unpaired) electrons. The van der Waals surface area contributed by atoms with Crippen LogP contribution in [0.25, 0.3) is 0 Å². The number of Topliss-reactive ketones (excluding diaryl/α,β-unsaturated/α-hetero) is 1. The monoisotopic (exact) mass is 167 g/mol. The second-order valence-electron chi connectivity index (χ2n) is 2.75. The Morgan fingerprint density at radius 2 is 2.50 bits per heavy atom. The zero-order valence-electron chi connectivity index (χ0n) is 7.16. The van der Waals surface area contributed by atoms with Crippen molar-refractivity contribution in [1.29, 1.82) is 0 Å². The third-order valence-electron chi connectivity index (χ3n) is 1.80. The summed E-state index contributed by atoms with van der Waals surface area (Å²) in [6, 6.07) is 0. The van der Waals surface area contributed by atoms with Crippen molar-refractivity contribution in [2.45, 2.75) is 6.92 Å². The molecule has 0 unspecified atom stereocenters. The predicted octanol–water partition coefficient (Wildman–Crippen LogP) is 0.323. The average molecular weight is 167 g/mol. The number of hydrogen-bond donors (Lipinski definition) is 1. The molecule has 0 fully saturated rings. The van der Waals surface area contributed by atoms with Gasteiger partial charge in [0.25, 0.3) is 0 Å². The Morgan fingerprint density at radius 1 is 1.75 bits per heavy atom. The zero-order chi connectivity index (χ0) is 8.97. The fraction of sp³-hybridized carbons (Fsp3) is 0.444. The molecule has 1 heterocycles. The molecule has 1 rings (SSSR count). The lowest BCUT2D eigenvalue weighted by Gasteiger charge is -2.20. The van der Waals surface area contributed by atoms with Crippen molar-refractivity contribution < 1.29 is 9.90 Å². The summed E-state index contributed by atoms with van der Waals surface area (Å²) in [5.74, 6) is 0.0925. The van der Waals surface area contributed by atoms with E-state index in [1.165, 1.54) is 0 Å². The Labute approximate surface area is 72.0 Å². The highest BCUT2D eigenvalue weighted by atomic mass is 16.3. The Balaban J connectivity index is 2.49. The third kappa shape index (κ3) is 2.20. The van der Waals surface area contributed by atoms with Gasteiger partial charge in [0, 0.05) is 24.9 Å². The van der Waals surface area contributed by atoms with Gasteiger partial charge in [0.05, 0.1) is 6.61 Å². The molecule has 1 N–H and O–H groups in total. The molecule has 0 amide bonds. The summed E-state index contributed by atoms with van der Waals surface area (Å²) in [6.45, 7) is 3.04. The Bertz CT molecular complexity index is 231. The van der Waals surface area contributed by atoms with Crippen LogP contribution in [-0.4, -0.2) is 35.5 Å². The number of carbonyl (C=O) groups excluding carboxylic acids is 1. The topological polar surface area (TPSA) is 40.5 Å². The molecule has 1 aliphatic heterocycles. The molecule has 3 heteroatoms. The van der Waals surface area contributed by atoms with Crippen molar-refractivity contribution in [3.05, 3.63) is 23.9 Å². The van der Waals surface area contributed by atoms with Gasteiger partial charge >= 0.3 is 0 Å². The Morgan fingerprint density at radius 3 is 2.92 bits per heavy atom. The first kappa shape index (κ1) is 9.00. The minimum atomic E-state index is 0.0925. The van der Waals surface area contributed by atoms with Gasteiger partial charge < -0.3 is 10.0 Å². The van der Waals surface area contributed by atoms with E-state index < -0.39 is 0 Å². The smallest absolute Gasteiger partial charge is 0.159 e. The standard InChI is InChI=1S/C9H13NO2/c1-8(12)9-2-4-10(5-3-9)6-7-11/h2-4,11H,5-7H2,1H3. The number of β-amino-alcohol motifs (C(OH)–C–C–N with tert-alkyl or cyclic N) is 1. The fourth-order valence-electron chi connectivity index (χ4n) is 1.09. The minimum absolute atomic E-state index is 0.0925. The molecule has 0 spiro atoms. The summed E-state index contributed by atoms with van der Waals surface area (Å²) in [6.07, 6.45) is 5.49. The minimum Gasteiger partial charge on any atom is -0.395 e. The summed E-state index contributed by atoms with van der Waals surface area (Å²) in [5.41, 5.74) is 0.754. The van der Waals surface area contributed by atoms with Crippen molar-refractivity contribution in [3.8, 4) is 0 Å². The van der Waals surface area contributed by atoms with E-state index in [-0.39, 0.29) is 12.4 Å². The number of nitrogens with zero attached hydrogens (tertiary/aromatic N) is 1. The molecule has 3 nitrogen and oxygen atoms in total. The number of allylic oxidation sites excluding steroid dienone is 2. The highest BCUT2D eigenvalue weighted by Crippen LogP contribution is 2.06. The van der Waals surface area contributed by atoms with Crippen LogP contribution in [-0.2, 0) is 4.79 Å². The number of hydrogen-bond acceptors (Lipinski definition) is 3. The molecule has 0 aromatic carbocycles. The molecular formula is C9H13NO2. The summed E-state index contributed by atoms with van der Waals surface area (Å²) in [4.78, 5) is 12.8. The van der Waals surface area contributed by atoms with Crippen LogP contribution >= 0.6 is 0 Å². The van der Waals surface area contributed by atoms with E-state index in [4.69, 9.17) is 5.11 Å². The zero-order valence-corrected chi connectivity index (χ0v) is 7.16. The first-order valence-corrected chi connectivity index (χ1v) is 3.98. The van der Waals surface area contributed by atoms with E-state index in [1.807, 2.05) is 17.2 Å². The lowest BCUT2D eigenvalue weighted by atomic mass is 10.1. The fourth-order valence-corrected chi connectivity index (χ4v) is 1.09. The molecule has 66 valence electrons. The number of aliphatic hydroxyl groups excluding tert-OH is 1. The summed E-state index contributed by atoms with van der Waals surface area (Å²) < 4.78 is 0. The number of carbonyl (C=O) groups is 1. The van der Waals surface area contributed by atoms with Crippen LogP contribution in [0, 0.1) is 0 Å². The molecule has 0 bridgehead atoms. The van der Waals surface area contributed by atoms with E-state index in [0.29, 0.717) is 13.1 Å². The second kappa shape index (κ2) is 4.07. The molecule has 0 aliphatic carbocycles. The van der Waals surface area contributed by atoms with Crippen LogP contribution in [0.3, 0.4) is 0 Å². The highest BCUT2D eigenvalue weighted by molar-refractivity contribution is 5.96. The van der Waals surface area contributed by atoms with Crippen LogP contribution in [0.5, 0.6) is 0 Å². The van der Waals surface area contributed by atoms with Gasteiger partial charge in [-0.1, -0.05) is 6.08 Å². The molecule has 0 saturated carbocycles. The molecule has 0 aromatic rings. The molecule has 0 atom stereocenters. The predicted molar refractivity (Wildman–Crippen MR) is 46.6 cm³/mol. The molecular weight excluding hydrogens is 154 g/mol. The molecule has 12 heavy (non-hydrogen) atoms. The van der Waals surface area contributed by atoms with Crippen molar-refractivity contribution in [2.24, 2.45) is 0 Å². The van der Waals surface area contributed by atoms with Gasteiger partial charge in [0.2, 0.25) is 0 Å². The van der Waals surface area contributed by atoms with Gasteiger partial charge in [-0.2, -0.15) is 0 Å². The van der Waals surface area contributed by atoms with Gasteiger partial charge in [-0.15, -0.1) is 0 Å². The lowest BCUT2D eigenvalue weighted by Crippen LogP contribution is -2.24. The normalized spacial score (nSPS) is 16.2. The van der Waals surface area contributed by atoms with Crippen LogP contribution in [0.4, 0.5) is 0 Å². The van der Waals surface area contributed by atoms with Crippen molar-refractivity contribution >= 4 is 5.78 Å². The van der Waals surface area contributed by atoms with E-state index in [0.717, 1.165) is 5.57 Å². The van der Waals surface area contributed by atoms with E-state index in [9.17, 15) is 4.79 Å². The van der Waals surface area contributed by atoms with E-state index in [2.05, 4.69) is 0 Å². The molecule has 0 aromatic heterocycles. The first-order valence-electron chi connectivity index (χ1n) is 3.98. The largest absolute Gasteiger partial charge is 0.395 e. The van der Waals surface area contributed by atoms with Gasteiger partial charge in [0.15, 0.2) is 5.78 Å². The van der Waals surface area contributed by atoms with E-state index in [1.54, 1.807) is 13.0 Å². The number of rotatable bonds is 3. The first-order chi connectivity index (χ1) is 5.74. The van der Waals surface area contributed by atoms with Gasteiger partial charge in [0.1, 0.15) is 0 Å². The number of aliphatic hydroxyl groups is 1. The van der Waals surface area contributed by atoms with Crippen LogP contribution < -0.4 is 0 Å². The number of ketones is 1. The van der Waals surface area contributed by atoms with Crippen LogP contribution in [0.2, 0.25) is 0 Å². The van der Waals surface area contributed by atoms with Gasteiger partial charge in [-0.05, 0) is 13.0 Å². The SMILES string of the molecule is CC(=O)C1=CCN(CCO)C=C1. The Hall–Kier alpha value is -1.09. The van der Waals surface area contributed by atoms with Crippen molar-refractivity contribution in [2.75, 3.05) is 19.7 Å². The average Bonchev–Trinajstić information content (AvgIpc) is 2.06. The Kier molecular flexibility index (Phi) is 3.05. The van der Waals surface area contributed by atoms with Crippen LogP contribution in [0.15, 0.2) is 23.9 Å². The quantitative estimate of drug-likeness (QED) is 0.658. The van der Waals surface area contributed by atoms with E-state index >= 15 is 0 Å². The second-order valence-corrected chi connectivity index (χ2v) is 2.75. The van der Waals surface area contributed by atoms with Crippen LogP contribution in [0.1, 0.15) is 6.92 Å². The lowest BCUT2D eigenvalue weighted by molar-refractivity contribution is -0.113. The van der Waals surface area contributed by atoms with Gasteiger partial charge in [-0.25, -0.2) is 0 Å². The maximum Gasteiger partial charge on any atom is 0.159 e. The molecule has 0 saturated heterocycles. The van der Waals surface area contributed by atoms with Gasteiger partial charge in [-0.3, -0.25) is 4.79 Å². The maximum absolute atomic E-state index is 10.9. The van der Waals surface area contributed by atoms with Crippen molar-refractivity contribution in [1.82, 2.24) is 4.90 Å².